The molecule has 0 aromatic heterocycles. The van der Waals surface area contributed by atoms with Crippen molar-refractivity contribution in [2.24, 2.45) is 0 Å². The Labute approximate surface area is 162 Å². The van der Waals surface area contributed by atoms with Crippen LogP contribution in [0.15, 0.2) is 47.4 Å². The van der Waals surface area contributed by atoms with Crippen molar-refractivity contribution in [2.45, 2.75) is 11.4 Å². The Morgan fingerprint density at radius 3 is 2.52 bits per heavy atom. The lowest BCUT2D eigenvalue weighted by atomic mass is 10.2. The van der Waals surface area contributed by atoms with Crippen molar-refractivity contribution in [1.82, 2.24) is 5.32 Å². The molecule has 2 aromatic rings. The van der Waals surface area contributed by atoms with Crippen LogP contribution in [0.4, 0.5) is 0 Å². The third-order valence-corrected chi connectivity index (χ3v) is 5.15. The zero-order chi connectivity index (χ0) is 20.0. The molecule has 0 aliphatic heterocycles. The Hall–Kier alpha value is -2.58. The van der Waals surface area contributed by atoms with Crippen molar-refractivity contribution in [3.8, 4) is 5.75 Å². The van der Waals surface area contributed by atoms with Gasteiger partial charge in [0.1, 0.15) is 5.75 Å². The van der Waals surface area contributed by atoms with Gasteiger partial charge in [-0.1, -0.05) is 29.8 Å². The second-order valence-corrected chi connectivity index (χ2v) is 7.97. The van der Waals surface area contributed by atoms with Crippen LogP contribution in [0.25, 0.3) is 0 Å². The summed E-state index contributed by atoms with van der Waals surface area (Å²) in [5, 5.41) is 2.62. The molecule has 0 fully saturated rings. The fourth-order valence-corrected chi connectivity index (χ4v) is 3.52. The van der Waals surface area contributed by atoms with Crippen LogP contribution >= 0.6 is 11.6 Å². The molecular weight excluding hydrogens is 394 g/mol. The summed E-state index contributed by atoms with van der Waals surface area (Å²) in [4.78, 5) is 23.8. The number of amides is 1. The minimum Gasteiger partial charge on any atom is -0.496 e. The van der Waals surface area contributed by atoms with E-state index in [1.54, 1.807) is 12.1 Å². The molecule has 7 nitrogen and oxygen atoms in total. The maximum Gasteiger partial charge on any atom is 0.338 e. The van der Waals surface area contributed by atoms with Crippen molar-refractivity contribution in [1.29, 1.82) is 0 Å². The summed E-state index contributed by atoms with van der Waals surface area (Å²) < 4.78 is 33.4. The topological polar surface area (TPSA) is 98.8 Å². The van der Waals surface area contributed by atoms with Gasteiger partial charge in [-0.3, -0.25) is 4.79 Å². The van der Waals surface area contributed by atoms with Gasteiger partial charge in [0.2, 0.25) is 0 Å². The van der Waals surface area contributed by atoms with Gasteiger partial charge in [0.25, 0.3) is 5.91 Å². The number of carbonyl (C=O) groups is 2. The molecule has 0 heterocycles. The molecule has 27 heavy (non-hydrogen) atoms. The summed E-state index contributed by atoms with van der Waals surface area (Å²) in [5.41, 5.74) is 0.757. The maximum absolute atomic E-state index is 12.1. The minimum atomic E-state index is -3.60. The average molecular weight is 412 g/mol. The third kappa shape index (κ3) is 5.70. The zero-order valence-electron chi connectivity index (χ0n) is 14.7. The number of sulfone groups is 1. The predicted molar refractivity (Wildman–Crippen MR) is 99.7 cm³/mol. The quantitative estimate of drug-likeness (QED) is 0.701. The van der Waals surface area contributed by atoms with Crippen molar-refractivity contribution in [3.05, 3.63) is 58.6 Å². The largest absolute Gasteiger partial charge is 0.496 e. The molecule has 0 saturated carbocycles. The number of hydrogen-bond acceptors (Lipinski definition) is 6. The smallest absolute Gasteiger partial charge is 0.338 e. The van der Waals surface area contributed by atoms with Crippen LogP contribution in [-0.2, 0) is 25.9 Å². The lowest BCUT2D eigenvalue weighted by Gasteiger charge is -2.10. The maximum atomic E-state index is 12.1. The van der Waals surface area contributed by atoms with Gasteiger partial charge in [0.05, 0.1) is 22.6 Å². The summed E-state index contributed by atoms with van der Waals surface area (Å²) >= 11 is 5.83. The average Bonchev–Trinajstić information content (AvgIpc) is 2.64. The summed E-state index contributed by atoms with van der Waals surface area (Å²) in [6.07, 6.45) is 0.981. The Bertz CT molecular complexity index is 958. The molecule has 0 radical (unpaired) electrons. The van der Waals surface area contributed by atoms with Crippen LogP contribution in [0.5, 0.6) is 5.75 Å². The second kappa shape index (κ2) is 8.88. The van der Waals surface area contributed by atoms with E-state index in [1.165, 1.54) is 19.2 Å². The van der Waals surface area contributed by atoms with Crippen molar-refractivity contribution in [3.63, 3.8) is 0 Å². The van der Waals surface area contributed by atoms with Crippen LogP contribution < -0.4 is 10.1 Å². The van der Waals surface area contributed by atoms with E-state index in [0.29, 0.717) is 5.75 Å². The van der Waals surface area contributed by atoms with Gasteiger partial charge < -0.3 is 14.8 Å². The fraction of sp³-hybridized carbons (Fsp3) is 0.222. The number of carbonyl (C=O) groups excluding carboxylic acids is 2. The third-order valence-electron chi connectivity index (χ3n) is 3.57. The minimum absolute atomic E-state index is 0.00333. The van der Waals surface area contributed by atoms with E-state index in [4.69, 9.17) is 21.1 Å². The first-order valence-corrected chi connectivity index (χ1v) is 10.0. The lowest BCUT2D eigenvalue weighted by Crippen LogP contribution is -2.28. The first-order valence-electron chi connectivity index (χ1n) is 7.77. The highest BCUT2D eigenvalue weighted by Gasteiger charge is 2.17. The molecule has 0 spiro atoms. The van der Waals surface area contributed by atoms with Crippen LogP contribution in [-0.4, -0.2) is 40.3 Å². The zero-order valence-corrected chi connectivity index (χ0v) is 16.3. The molecule has 0 atom stereocenters. The molecule has 0 aliphatic rings. The predicted octanol–water partition coefficient (Wildman–Crippen LogP) is 2.23. The number of methoxy groups -OCH3 is 1. The van der Waals surface area contributed by atoms with E-state index < -0.39 is 28.3 Å². The molecule has 0 unspecified atom stereocenters. The Morgan fingerprint density at radius 2 is 1.85 bits per heavy atom. The van der Waals surface area contributed by atoms with E-state index in [2.05, 4.69) is 5.32 Å². The van der Waals surface area contributed by atoms with Crippen molar-refractivity contribution < 1.29 is 27.5 Å². The van der Waals surface area contributed by atoms with Gasteiger partial charge in [0.15, 0.2) is 16.4 Å². The summed E-state index contributed by atoms with van der Waals surface area (Å²) in [6.45, 7) is -0.301. The van der Waals surface area contributed by atoms with Crippen LogP contribution in [0.2, 0.25) is 5.02 Å². The van der Waals surface area contributed by atoms with Gasteiger partial charge in [0, 0.05) is 18.4 Å². The van der Waals surface area contributed by atoms with E-state index in [-0.39, 0.29) is 22.0 Å². The van der Waals surface area contributed by atoms with Crippen LogP contribution in [0.1, 0.15) is 15.9 Å². The lowest BCUT2D eigenvalue weighted by molar-refractivity contribution is -0.124. The number of ether oxygens (including phenoxy) is 2. The standard InChI is InChI=1S/C18H18ClNO6S/c1-25-15-6-4-3-5-13(15)10-20-17(21)11-26-18(22)12-7-8-14(19)16(9-12)27(2,23)24/h3-9H,10-11H2,1-2H3,(H,20,21). The summed E-state index contributed by atoms with van der Waals surface area (Å²) in [7, 11) is -2.07. The SMILES string of the molecule is COc1ccccc1CNC(=O)COC(=O)c1ccc(Cl)c(S(C)(=O)=O)c1. The van der Waals surface area contributed by atoms with Crippen LogP contribution in [0, 0.1) is 0 Å². The first-order chi connectivity index (χ1) is 12.7. The molecule has 1 N–H and O–H groups in total. The number of nitrogens with one attached hydrogen (secondary N) is 1. The van der Waals surface area contributed by atoms with Gasteiger partial charge in [-0.15, -0.1) is 0 Å². The monoisotopic (exact) mass is 411 g/mol. The number of benzene rings is 2. The molecule has 2 aromatic carbocycles. The Kier molecular flexibility index (Phi) is 6.81. The van der Waals surface area contributed by atoms with E-state index in [9.17, 15) is 18.0 Å². The second-order valence-electron chi connectivity index (χ2n) is 5.58. The Balaban J connectivity index is 1.94. The number of rotatable bonds is 7. The van der Waals surface area contributed by atoms with Crippen molar-refractivity contribution in [2.75, 3.05) is 20.0 Å². The summed E-state index contributed by atoms with van der Waals surface area (Å²) in [5.74, 6) is -0.708. The van der Waals surface area contributed by atoms with E-state index >= 15 is 0 Å². The highest BCUT2D eigenvalue weighted by Crippen LogP contribution is 2.23. The molecule has 0 aliphatic carbocycles. The van der Waals surface area contributed by atoms with E-state index in [0.717, 1.165) is 17.9 Å². The molecule has 0 bridgehead atoms. The van der Waals surface area contributed by atoms with Crippen LogP contribution in [0.3, 0.4) is 0 Å². The van der Waals surface area contributed by atoms with Gasteiger partial charge >= 0.3 is 5.97 Å². The summed E-state index contributed by atoms with van der Waals surface area (Å²) in [6, 6.07) is 10.9. The molecule has 144 valence electrons. The molecule has 2 rings (SSSR count). The number of para-hydroxylation sites is 1. The first kappa shape index (κ1) is 20.7. The number of halogens is 1. The van der Waals surface area contributed by atoms with Gasteiger partial charge in [-0.05, 0) is 24.3 Å². The van der Waals surface area contributed by atoms with Crippen molar-refractivity contribution >= 4 is 33.3 Å². The molecule has 9 heteroatoms. The molecule has 0 saturated heterocycles. The number of esters is 1. The fourth-order valence-electron chi connectivity index (χ4n) is 2.22. The molecular formula is C18H18ClNO6S. The number of hydrogen-bond donors (Lipinski definition) is 1. The Morgan fingerprint density at radius 1 is 1.15 bits per heavy atom. The highest BCUT2D eigenvalue weighted by molar-refractivity contribution is 7.90. The van der Waals surface area contributed by atoms with E-state index in [1.807, 2.05) is 12.1 Å². The van der Waals surface area contributed by atoms with Gasteiger partial charge in [-0.25, -0.2) is 13.2 Å². The molecule has 1 amide bonds. The normalized spacial score (nSPS) is 10.9. The highest BCUT2D eigenvalue weighted by atomic mass is 35.5. The van der Waals surface area contributed by atoms with Gasteiger partial charge in [-0.2, -0.15) is 0 Å².